The van der Waals surface area contributed by atoms with Gasteiger partial charge in [-0.3, -0.25) is 10.1 Å². The number of anilines is 1. The van der Waals surface area contributed by atoms with Crippen LogP contribution in [0, 0.1) is 6.92 Å². The summed E-state index contributed by atoms with van der Waals surface area (Å²) in [6, 6.07) is 9.10. The Morgan fingerprint density at radius 3 is 2.81 bits per heavy atom. The van der Waals surface area contributed by atoms with Gasteiger partial charge in [-0.25, -0.2) is 9.67 Å². The summed E-state index contributed by atoms with van der Waals surface area (Å²) in [6.45, 7) is -0.822. The molecule has 0 spiro atoms. The SMILES string of the molecule is Cc1cc(OC(F)F)c(C(=O)Nc2ncn(Cc3ccc(Br)cc3)n2)s1. The number of hydrogen-bond donors (Lipinski definition) is 1. The van der Waals surface area contributed by atoms with Crippen LogP contribution in [0.2, 0.25) is 0 Å². The van der Waals surface area contributed by atoms with Crippen LogP contribution < -0.4 is 10.1 Å². The molecule has 0 aliphatic heterocycles. The quantitative estimate of drug-likeness (QED) is 0.617. The smallest absolute Gasteiger partial charge is 0.387 e. The van der Waals surface area contributed by atoms with Crippen molar-refractivity contribution in [2.45, 2.75) is 20.1 Å². The average molecular weight is 443 g/mol. The molecule has 0 radical (unpaired) electrons. The predicted molar refractivity (Wildman–Crippen MR) is 96.9 cm³/mol. The number of aromatic nitrogens is 3. The van der Waals surface area contributed by atoms with Gasteiger partial charge in [0, 0.05) is 9.35 Å². The standard InChI is InChI=1S/C16H13BrF2N4O2S/c1-9-6-12(25-15(18)19)13(26-9)14(24)21-16-20-8-23(22-16)7-10-2-4-11(17)5-3-10/h2-6,8,15H,7H2,1H3,(H,21,22,24). The van der Waals surface area contributed by atoms with Gasteiger partial charge in [0.15, 0.2) is 0 Å². The van der Waals surface area contributed by atoms with Gasteiger partial charge in [-0.15, -0.1) is 16.4 Å². The molecule has 0 saturated heterocycles. The number of carbonyl (C=O) groups is 1. The maximum Gasteiger partial charge on any atom is 0.387 e. The number of thiophene rings is 1. The van der Waals surface area contributed by atoms with Crippen molar-refractivity contribution in [3.05, 3.63) is 56.4 Å². The molecule has 1 aromatic carbocycles. The summed E-state index contributed by atoms with van der Waals surface area (Å²) in [5.41, 5.74) is 1.01. The van der Waals surface area contributed by atoms with Gasteiger partial charge >= 0.3 is 6.61 Å². The number of amides is 1. The predicted octanol–water partition coefficient (Wildman–Crippen LogP) is 4.31. The van der Waals surface area contributed by atoms with E-state index < -0.39 is 12.5 Å². The fourth-order valence-electron chi connectivity index (χ4n) is 2.20. The van der Waals surface area contributed by atoms with Crippen LogP contribution in [0.15, 0.2) is 41.1 Å². The van der Waals surface area contributed by atoms with E-state index in [0.717, 1.165) is 21.4 Å². The Labute approximate surface area is 159 Å². The summed E-state index contributed by atoms with van der Waals surface area (Å²) in [5.74, 6) is -0.671. The van der Waals surface area contributed by atoms with E-state index in [9.17, 15) is 13.6 Å². The molecule has 0 fully saturated rings. The molecule has 0 atom stereocenters. The lowest BCUT2D eigenvalue weighted by molar-refractivity contribution is -0.0498. The molecule has 136 valence electrons. The molecule has 0 bridgehead atoms. The van der Waals surface area contributed by atoms with E-state index in [1.54, 1.807) is 11.6 Å². The van der Waals surface area contributed by atoms with Crippen LogP contribution in [-0.2, 0) is 6.54 Å². The monoisotopic (exact) mass is 442 g/mol. The Morgan fingerprint density at radius 2 is 2.12 bits per heavy atom. The van der Waals surface area contributed by atoms with E-state index in [1.807, 2.05) is 24.3 Å². The topological polar surface area (TPSA) is 69.0 Å². The number of alkyl halides is 2. The summed E-state index contributed by atoms with van der Waals surface area (Å²) < 4.78 is 31.8. The third kappa shape index (κ3) is 4.64. The minimum atomic E-state index is -3.00. The van der Waals surface area contributed by atoms with Gasteiger partial charge in [0.2, 0.25) is 5.95 Å². The molecule has 2 heterocycles. The zero-order valence-corrected chi connectivity index (χ0v) is 15.9. The van der Waals surface area contributed by atoms with Gasteiger partial charge in [-0.2, -0.15) is 8.78 Å². The first kappa shape index (κ1) is 18.5. The first-order valence-corrected chi connectivity index (χ1v) is 9.02. The average Bonchev–Trinajstić information content (AvgIpc) is 3.15. The molecule has 10 heteroatoms. The second-order valence-corrected chi connectivity index (χ2v) is 7.45. The van der Waals surface area contributed by atoms with Crippen molar-refractivity contribution in [3.8, 4) is 5.75 Å². The molecule has 3 aromatic rings. The number of ether oxygens (including phenoxy) is 1. The summed E-state index contributed by atoms with van der Waals surface area (Å²) >= 11 is 4.43. The van der Waals surface area contributed by atoms with Gasteiger partial charge in [0.05, 0.1) is 6.54 Å². The highest BCUT2D eigenvalue weighted by atomic mass is 79.9. The highest BCUT2D eigenvalue weighted by molar-refractivity contribution is 9.10. The Hall–Kier alpha value is -2.33. The lowest BCUT2D eigenvalue weighted by Crippen LogP contribution is -2.14. The minimum absolute atomic E-state index is 0.0482. The zero-order chi connectivity index (χ0) is 18.7. The van der Waals surface area contributed by atoms with E-state index in [4.69, 9.17) is 0 Å². The number of carbonyl (C=O) groups excluding carboxylic acids is 1. The van der Waals surface area contributed by atoms with Crippen LogP contribution in [0.1, 0.15) is 20.1 Å². The van der Waals surface area contributed by atoms with E-state index in [0.29, 0.717) is 11.4 Å². The largest absolute Gasteiger partial charge is 0.433 e. The van der Waals surface area contributed by atoms with Gasteiger partial charge in [0.25, 0.3) is 5.91 Å². The Morgan fingerprint density at radius 1 is 1.38 bits per heavy atom. The fraction of sp³-hybridized carbons (Fsp3) is 0.188. The van der Waals surface area contributed by atoms with Crippen molar-refractivity contribution in [1.29, 1.82) is 0 Å². The van der Waals surface area contributed by atoms with Gasteiger partial charge < -0.3 is 4.74 Å². The molecular formula is C16H13BrF2N4O2S. The summed E-state index contributed by atoms with van der Waals surface area (Å²) in [7, 11) is 0. The third-order valence-corrected chi connectivity index (χ3v) is 4.82. The molecule has 26 heavy (non-hydrogen) atoms. The number of aryl methyl sites for hydroxylation is 1. The van der Waals surface area contributed by atoms with Crippen LogP contribution in [0.25, 0.3) is 0 Å². The van der Waals surface area contributed by atoms with Crippen LogP contribution in [0.3, 0.4) is 0 Å². The number of benzene rings is 1. The van der Waals surface area contributed by atoms with Crippen molar-refractivity contribution >= 4 is 39.1 Å². The van der Waals surface area contributed by atoms with Crippen LogP contribution in [-0.4, -0.2) is 27.3 Å². The summed E-state index contributed by atoms with van der Waals surface area (Å²) in [5, 5.41) is 6.66. The van der Waals surface area contributed by atoms with E-state index in [1.165, 1.54) is 12.4 Å². The van der Waals surface area contributed by atoms with Crippen LogP contribution in [0.5, 0.6) is 5.75 Å². The minimum Gasteiger partial charge on any atom is -0.433 e. The molecule has 6 nitrogen and oxygen atoms in total. The highest BCUT2D eigenvalue weighted by Gasteiger charge is 2.20. The summed E-state index contributed by atoms with van der Waals surface area (Å²) in [6.07, 6.45) is 1.48. The molecule has 1 N–H and O–H groups in total. The van der Waals surface area contributed by atoms with Gasteiger partial charge in [-0.05, 0) is 30.7 Å². The first-order valence-electron chi connectivity index (χ1n) is 7.41. The van der Waals surface area contributed by atoms with E-state index >= 15 is 0 Å². The summed E-state index contributed by atoms with van der Waals surface area (Å²) in [4.78, 5) is 17.1. The fourth-order valence-corrected chi connectivity index (χ4v) is 3.30. The normalized spacial score (nSPS) is 11.0. The van der Waals surface area contributed by atoms with Crippen LogP contribution >= 0.6 is 27.3 Å². The zero-order valence-electron chi connectivity index (χ0n) is 13.4. The maximum atomic E-state index is 12.5. The maximum absolute atomic E-state index is 12.5. The third-order valence-electron chi connectivity index (χ3n) is 3.26. The van der Waals surface area contributed by atoms with Gasteiger partial charge in [-0.1, -0.05) is 28.1 Å². The molecule has 0 saturated carbocycles. The van der Waals surface area contributed by atoms with Crippen molar-refractivity contribution < 1.29 is 18.3 Å². The number of nitrogens with one attached hydrogen (secondary N) is 1. The Balaban J connectivity index is 1.69. The molecule has 0 aliphatic rings. The Kier molecular flexibility index (Phi) is 5.62. The lowest BCUT2D eigenvalue weighted by atomic mass is 10.2. The number of nitrogens with zero attached hydrogens (tertiary/aromatic N) is 3. The molecule has 1 amide bonds. The van der Waals surface area contributed by atoms with E-state index in [2.05, 4.69) is 36.1 Å². The van der Waals surface area contributed by atoms with E-state index in [-0.39, 0.29) is 16.6 Å². The second-order valence-electron chi connectivity index (χ2n) is 5.28. The van der Waals surface area contributed by atoms with Crippen molar-refractivity contribution in [3.63, 3.8) is 0 Å². The van der Waals surface area contributed by atoms with Crippen molar-refractivity contribution in [2.24, 2.45) is 0 Å². The molecule has 2 aromatic heterocycles. The van der Waals surface area contributed by atoms with Crippen molar-refractivity contribution in [1.82, 2.24) is 14.8 Å². The highest BCUT2D eigenvalue weighted by Crippen LogP contribution is 2.30. The van der Waals surface area contributed by atoms with Gasteiger partial charge in [0.1, 0.15) is 17.0 Å². The number of rotatable bonds is 6. The molecule has 3 rings (SSSR count). The second kappa shape index (κ2) is 7.92. The van der Waals surface area contributed by atoms with Crippen molar-refractivity contribution in [2.75, 3.05) is 5.32 Å². The lowest BCUT2D eigenvalue weighted by Gasteiger charge is -2.05. The first-order chi connectivity index (χ1) is 12.4. The molecule has 0 aliphatic carbocycles. The molecular weight excluding hydrogens is 430 g/mol. The number of halogens is 3. The van der Waals surface area contributed by atoms with Crippen LogP contribution in [0.4, 0.5) is 14.7 Å². The number of hydrogen-bond acceptors (Lipinski definition) is 5. The molecule has 0 unspecified atom stereocenters. The Bertz CT molecular complexity index is 911.